The van der Waals surface area contributed by atoms with Gasteiger partial charge in [-0.2, -0.15) is 0 Å². The van der Waals surface area contributed by atoms with Gasteiger partial charge in [0.1, 0.15) is 6.04 Å². The molecule has 1 amide bonds. The van der Waals surface area contributed by atoms with Gasteiger partial charge < -0.3 is 10.6 Å². The Labute approximate surface area is 97.4 Å². The van der Waals surface area contributed by atoms with E-state index in [0.29, 0.717) is 0 Å². The molecule has 15 heavy (non-hydrogen) atoms. The standard InChI is InChI=1S/C11H13BrN2O/c1-6(2)10-11(15)14-9-5-7(12)3-4-8(9)13-10/h3-6,10,13H,1-2H3,(H,14,15)/t10-/m0/s1. The van der Waals surface area contributed by atoms with Crippen LogP contribution < -0.4 is 10.6 Å². The number of carbonyl (C=O) groups is 1. The summed E-state index contributed by atoms with van der Waals surface area (Å²) in [6, 6.07) is 5.68. The largest absolute Gasteiger partial charge is 0.372 e. The van der Waals surface area contributed by atoms with Crippen molar-refractivity contribution in [3.05, 3.63) is 22.7 Å². The summed E-state index contributed by atoms with van der Waals surface area (Å²) in [5, 5.41) is 6.14. The minimum absolute atomic E-state index is 0.0376. The quantitative estimate of drug-likeness (QED) is 0.823. The van der Waals surface area contributed by atoms with Crippen LogP contribution in [0.25, 0.3) is 0 Å². The lowest BCUT2D eigenvalue weighted by molar-refractivity contribution is -0.117. The van der Waals surface area contributed by atoms with Crippen LogP contribution in [0.2, 0.25) is 0 Å². The lowest BCUT2D eigenvalue weighted by atomic mass is 10.0. The molecule has 1 aromatic carbocycles. The minimum Gasteiger partial charge on any atom is -0.372 e. The number of amides is 1. The summed E-state index contributed by atoms with van der Waals surface area (Å²) in [7, 11) is 0. The molecule has 0 bridgehead atoms. The maximum atomic E-state index is 11.7. The summed E-state index contributed by atoms with van der Waals surface area (Å²) in [4.78, 5) is 11.7. The van der Waals surface area contributed by atoms with Gasteiger partial charge in [-0.05, 0) is 24.1 Å². The van der Waals surface area contributed by atoms with Crippen molar-refractivity contribution in [3.63, 3.8) is 0 Å². The first kappa shape index (κ1) is 10.5. The predicted octanol–water partition coefficient (Wildman–Crippen LogP) is 2.84. The Morgan fingerprint density at radius 2 is 2.07 bits per heavy atom. The van der Waals surface area contributed by atoms with Crippen LogP contribution in [0.4, 0.5) is 11.4 Å². The highest BCUT2D eigenvalue weighted by atomic mass is 79.9. The average Bonchev–Trinajstić information content (AvgIpc) is 2.15. The molecule has 0 aliphatic carbocycles. The summed E-state index contributed by atoms with van der Waals surface area (Å²) in [5.74, 6) is 0.317. The highest BCUT2D eigenvalue weighted by molar-refractivity contribution is 9.10. The number of carbonyl (C=O) groups excluding carboxylic acids is 1. The molecule has 0 fully saturated rings. The highest BCUT2D eigenvalue weighted by Gasteiger charge is 2.27. The van der Waals surface area contributed by atoms with E-state index in [1.807, 2.05) is 32.0 Å². The molecule has 0 radical (unpaired) electrons. The van der Waals surface area contributed by atoms with Gasteiger partial charge in [-0.3, -0.25) is 4.79 Å². The molecule has 2 N–H and O–H groups in total. The van der Waals surface area contributed by atoms with Gasteiger partial charge in [0.25, 0.3) is 0 Å². The fourth-order valence-electron chi connectivity index (χ4n) is 1.66. The number of rotatable bonds is 1. The summed E-state index contributed by atoms with van der Waals surface area (Å²) >= 11 is 3.38. The van der Waals surface area contributed by atoms with Gasteiger partial charge in [0.2, 0.25) is 5.91 Å². The summed E-state index contributed by atoms with van der Waals surface area (Å²) in [6.07, 6.45) is 0. The maximum Gasteiger partial charge on any atom is 0.247 e. The third-order valence-corrected chi connectivity index (χ3v) is 2.99. The van der Waals surface area contributed by atoms with E-state index >= 15 is 0 Å². The zero-order valence-corrected chi connectivity index (χ0v) is 10.3. The van der Waals surface area contributed by atoms with E-state index in [2.05, 4.69) is 26.6 Å². The summed E-state index contributed by atoms with van der Waals surface area (Å²) in [5.41, 5.74) is 1.82. The van der Waals surface area contributed by atoms with Crippen molar-refractivity contribution >= 4 is 33.2 Å². The van der Waals surface area contributed by atoms with Crippen LogP contribution in [0.1, 0.15) is 13.8 Å². The first-order chi connectivity index (χ1) is 7.08. The smallest absolute Gasteiger partial charge is 0.247 e. The molecule has 0 saturated heterocycles. The average molecular weight is 269 g/mol. The second-order valence-corrected chi connectivity index (χ2v) is 4.96. The van der Waals surface area contributed by atoms with Gasteiger partial charge in [0, 0.05) is 4.47 Å². The Bertz CT molecular complexity index is 404. The maximum absolute atomic E-state index is 11.7. The molecule has 1 aliphatic rings. The molecule has 80 valence electrons. The van der Waals surface area contributed by atoms with E-state index < -0.39 is 0 Å². The number of anilines is 2. The molecule has 0 saturated carbocycles. The van der Waals surface area contributed by atoms with Crippen molar-refractivity contribution in [2.75, 3.05) is 10.6 Å². The van der Waals surface area contributed by atoms with Crippen LogP contribution in [-0.2, 0) is 4.79 Å². The molecular formula is C11H13BrN2O. The van der Waals surface area contributed by atoms with Gasteiger partial charge >= 0.3 is 0 Å². The van der Waals surface area contributed by atoms with Gasteiger partial charge in [-0.1, -0.05) is 29.8 Å². The minimum atomic E-state index is -0.140. The third kappa shape index (κ3) is 2.00. The van der Waals surface area contributed by atoms with E-state index in [1.54, 1.807) is 0 Å². The highest BCUT2D eigenvalue weighted by Crippen LogP contribution is 2.31. The predicted molar refractivity (Wildman–Crippen MR) is 65.0 cm³/mol. The van der Waals surface area contributed by atoms with Gasteiger partial charge in [-0.25, -0.2) is 0 Å². The van der Waals surface area contributed by atoms with Crippen molar-refractivity contribution in [1.82, 2.24) is 0 Å². The van der Waals surface area contributed by atoms with E-state index in [9.17, 15) is 4.79 Å². The zero-order chi connectivity index (χ0) is 11.0. The van der Waals surface area contributed by atoms with E-state index in [4.69, 9.17) is 0 Å². The Hall–Kier alpha value is -1.03. The van der Waals surface area contributed by atoms with Gasteiger partial charge in [0.05, 0.1) is 11.4 Å². The molecule has 1 atom stereocenters. The van der Waals surface area contributed by atoms with Crippen LogP contribution in [0, 0.1) is 5.92 Å². The summed E-state index contributed by atoms with van der Waals surface area (Å²) < 4.78 is 0.964. The van der Waals surface area contributed by atoms with Crippen LogP contribution in [0.15, 0.2) is 22.7 Å². The zero-order valence-electron chi connectivity index (χ0n) is 8.67. The first-order valence-corrected chi connectivity index (χ1v) is 5.74. The number of benzene rings is 1. The molecule has 3 nitrogen and oxygen atoms in total. The first-order valence-electron chi connectivity index (χ1n) is 4.95. The second kappa shape index (κ2) is 3.85. The summed E-state index contributed by atoms with van der Waals surface area (Å²) in [6.45, 7) is 4.06. The molecule has 1 heterocycles. The molecule has 4 heteroatoms. The Morgan fingerprint density at radius 1 is 1.33 bits per heavy atom. The number of nitrogens with one attached hydrogen (secondary N) is 2. The molecule has 0 unspecified atom stereocenters. The van der Waals surface area contributed by atoms with E-state index in [-0.39, 0.29) is 17.9 Å². The van der Waals surface area contributed by atoms with Crippen molar-refractivity contribution < 1.29 is 4.79 Å². The van der Waals surface area contributed by atoms with Crippen molar-refractivity contribution in [1.29, 1.82) is 0 Å². The Kier molecular flexibility index (Phi) is 2.69. The molecule has 0 aromatic heterocycles. The van der Waals surface area contributed by atoms with Crippen molar-refractivity contribution in [2.45, 2.75) is 19.9 Å². The number of hydrogen-bond acceptors (Lipinski definition) is 2. The Balaban J connectivity index is 2.34. The lowest BCUT2D eigenvalue weighted by Crippen LogP contribution is -2.42. The third-order valence-electron chi connectivity index (χ3n) is 2.50. The number of halogens is 1. The van der Waals surface area contributed by atoms with Crippen LogP contribution in [-0.4, -0.2) is 11.9 Å². The van der Waals surface area contributed by atoms with E-state index in [1.165, 1.54) is 0 Å². The fraction of sp³-hybridized carbons (Fsp3) is 0.364. The van der Waals surface area contributed by atoms with Crippen LogP contribution in [0.3, 0.4) is 0 Å². The monoisotopic (exact) mass is 268 g/mol. The normalized spacial score (nSPS) is 19.5. The van der Waals surface area contributed by atoms with Crippen molar-refractivity contribution in [2.24, 2.45) is 5.92 Å². The van der Waals surface area contributed by atoms with Crippen LogP contribution >= 0.6 is 15.9 Å². The Morgan fingerprint density at radius 3 is 2.73 bits per heavy atom. The number of hydrogen-bond donors (Lipinski definition) is 2. The molecule has 1 aliphatic heterocycles. The van der Waals surface area contributed by atoms with Gasteiger partial charge in [-0.15, -0.1) is 0 Å². The van der Waals surface area contributed by atoms with Crippen LogP contribution in [0.5, 0.6) is 0 Å². The topological polar surface area (TPSA) is 41.1 Å². The molecule has 0 spiro atoms. The molecule has 2 rings (SSSR count). The molecule has 1 aromatic rings. The fourth-order valence-corrected chi connectivity index (χ4v) is 2.02. The molecular weight excluding hydrogens is 256 g/mol. The van der Waals surface area contributed by atoms with Crippen molar-refractivity contribution in [3.8, 4) is 0 Å². The van der Waals surface area contributed by atoms with E-state index in [0.717, 1.165) is 15.8 Å². The SMILES string of the molecule is CC(C)[C@@H]1Nc2ccc(Br)cc2NC1=O. The number of fused-ring (bicyclic) bond motifs is 1. The lowest BCUT2D eigenvalue weighted by Gasteiger charge is -2.29. The second-order valence-electron chi connectivity index (χ2n) is 4.05. The van der Waals surface area contributed by atoms with Gasteiger partial charge in [0.15, 0.2) is 0 Å².